The van der Waals surface area contributed by atoms with Gasteiger partial charge in [-0.2, -0.15) is 5.23 Å². The number of thioether (sulfide) groups is 1. The quantitative estimate of drug-likeness (QED) is 0.629. The zero-order valence-electron chi connectivity index (χ0n) is 12.5. The molecule has 0 aromatic heterocycles. The Kier molecular flexibility index (Phi) is 4.81. The lowest BCUT2D eigenvalue weighted by Gasteiger charge is -2.23. The van der Waals surface area contributed by atoms with Crippen LogP contribution in [0.4, 0.5) is 17.1 Å². The van der Waals surface area contributed by atoms with E-state index in [2.05, 4.69) is 10.6 Å². The van der Waals surface area contributed by atoms with Gasteiger partial charge in [-0.3, -0.25) is 9.59 Å². The van der Waals surface area contributed by atoms with Gasteiger partial charge < -0.3 is 15.8 Å². The minimum absolute atomic E-state index is 0.0111. The van der Waals surface area contributed by atoms with Crippen LogP contribution < -0.4 is 15.9 Å². The van der Waals surface area contributed by atoms with Crippen LogP contribution in [0.5, 0.6) is 0 Å². The highest BCUT2D eigenvalue weighted by molar-refractivity contribution is 8.01. The monoisotopic (exact) mass is 345 g/mol. The van der Waals surface area contributed by atoms with E-state index in [0.29, 0.717) is 0 Å². The van der Waals surface area contributed by atoms with Crippen molar-refractivity contribution in [1.82, 2.24) is 0 Å². The molecule has 2 amide bonds. The molecule has 2 aromatic rings. The van der Waals surface area contributed by atoms with Crippen molar-refractivity contribution in [2.45, 2.75) is 16.6 Å². The van der Waals surface area contributed by atoms with E-state index in [4.69, 9.17) is 5.21 Å². The molecule has 8 heteroatoms. The lowest BCUT2D eigenvalue weighted by atomic mass is 10.2. The van der Waals surface area contributed by atoms with Crippen LogP contribution in [0.25, 0.3) is 0 Å². The van der Waals surface area contributed by atoms with Crippen molar-refractivity contribution in [3.63, 3.8) is 0 Å². The van der Waals surface area contributed by atoms with Crippen LogP contribution in [0.3, 0.4) is 0 Å². The first-order valence-corrected chi connectivity index (χ1v) is 8.11. The van der Waals surface area contributed by atoms with Gasteiger partial charge in [-0.1, -0.05) is 24.3 Å². The first-order chi connectivity index (χ1) is 11.5. The molecule has 4 N–H and O–H groups in total. The van der Waals surface area contributed by atoms with E-state index in [1.807, 2.05) is 18.2 Å². The van der Waals surface area contributed by atoms with Gasteiger partial charge in [0.2, 0.25) is 11.8 Å². The van der Waals surface area contributed by atoms with Gasteiger partial charge in [0, 0.05) is 17.4 Å². The summed E-state index contributed by atoms with van der Waals surface area (Å²) < 4.78 is 0. The molecule has 2 aromatic carbocycles. The van der Waals surface area contributed by atoms with E-state index >= 15 is 0 Å². The Bertz CT molecular complexity index is 781. The number of fused-ring (bicyclic) bond motifs is 1. The zero-order valence-corrected chi connectivity index (χ0v) is 13.3. The van der Waals surface area contributed by atoms with Crippen molar-refractivity contribution in [1.29, 1.82) is 0 Å². The van der Waals surface area contributed by atoms with Crippen molar-refractivity contribution in [3.05, 3.63) is 53.7 Å². The molecule has 0 aliphatic carbocycles. The highest BCUT2D eigenvalue weighted by atomic mass is 32.2. The SMILES string of the molecule is O=C(CC1Sc2ccccc2NC1=O)Nc1ccccc1[NH+]([O-])O. The Morgan fingerprint density at radius 1 is 1.25 bits per heavy atom. The Morgan fingerprint density at radius 2 is 1.96 bits per heavy atom. The van der Waals surface area contributed by atoms with E-state index in [-0.39, 0.29) is 23.7 Å². The Morgan fingerprint density at radius 3 is 2.75 bits per heavy atom. The predicted molar refractivity (Wildman–Crippen MR) is 90.2 cm³/mol. The summed E-state index contributed by atoms with van der Waals surface area (Å²) in [6.07, 6.45) is -0.0429. The average Bonchev–Trinajstić information content (AvgIpc) is 2.55. The summed E-state index contributed by atoms with van der Waals surface area (Å²) >= 11 is 1.33. The number of para-hydroxylation sites is 3. The molecule has 0 spiro atoms. The summed E-state index contributed by atoms with van der Waals surface area (Å²) in [5.41, 5.74) is 0.967. The maximum atomic E-state index is 12.2. The molecular formula is C16H15N3O4S. The fourth-order valence-electron chi connectivity index (χ4n) is 2.38. The summed E-state index contributed by atoms with van der Waals surface area (Å²) in [5.74, 6) is -0.642. The zero-order chi connectivity index (χ0) is 17.1. The van der Waals surface area contributed by atoms with E-state index in [1.54, 1.807) is 18.2 Å². The number of nitrogens with one attached hydrogen (secondary N) is 3. The van der Waals surface area contributed by atoms with Crippen LogP contribution in [-0.4, -0.2) is 22.3 Å². The van der Waals surface area contributed by atoms with Crippen molar-refractivity contribution in [2.75, 3.05) is 10.6 Å². The predicted octanol–water partition coefficient (Wildman–Crippen LogP) is 1.53. The third-order valence-electron chi connectivity index (χ3n) is 3.51. The minimum Gasteiger partial charge on any atom is -0.595 e. The number of carbonyl (C=O) groups excluding carboxylic acids is 2. The standard InChI is InChI=1S/C16H15N3O4S/c20-15(17-10-5-1-3-7-12(10)19(22)23)9-14-16(21)18-11-6-2-4-8-13(11)24-14/h1-8,14,19,22H,9H2,(H,17,20)(H,18,21). The minimum atomic E-state index is -1.12. The van der Waals surface area contributed by atoms with Crippen LogP contribution in [0.1, 0.15) is 6.42 Å². The second-order valence-electron chi connectivity index (χ2n) is 5.19. The number of carbonyl (C=O) groups is 2. The molecule has 1 aliphatic heterocycles. The number of rotatable bonds is 4. The van der Waals surface area contributed by atoms with Gasteiger partial charge in [0.1, 0.15) is 5.69 Å². The van der Waals surface area contributed by atoms with Gasteiger partial charge in [0.25, 0.3) is 0 Å². The molecule has 124 valence electrons. The van der Waals surface area contributed by atoms with Gasteiger partial charge in [-0.15, -0.1) is 11.8 Å². The topological polar surface area (TPSA) is 106 Å². The number of anilines is 2. The number of hydrogen-bond acceptors (Lipinski definition) is 5. The van der Waals surface area contributed by atoms with Crippen molar-refractivity contribution >= 4 is 40.6 Å². The number of benzene rings is 2. The van der Waals surface area contributed by atoms with E-state index < -0.39 is 16.4 Å². The van der Waals surface area contributed by atoms with E-state index in [0.717, 1.165) is 10.6 Å². The van der Waals surface area contributed by atoms with Gasteiger partial charge >= 0.3 is 0 Å². The molecule has 1 heterocycles. The molecule has 0 radical (unpaired) electrons. The molecule has 0 saturated carbocycles. The number of quaternary nitrogens is 1. The summed E-state index contributed by atoms with van der Waals surface area (Å²) in [6, 6.07) is 13.5. The molecule has 2 atom stereocenters. The first-order valence-electron chi connectivity index (χ1n) is 7.23. The average molecular weight is 345 g/mol. The second kappa shape index (κ2) is 7.02. The molecule has 3 rings (SSSR count). The molecule has 1 aliphatic rings. The van der Waals surface area contributed by atoms with Gasteiger partial charge in [0.15, 0.2) is 5.69 Å². The van der Waals surface area contributed by atoms with E-state index in [1.165, 1.54) is 23.9 Å². The van der Waals surface area contributed by atoms with Crippen molar-refractivity contribution in [3.8, 4) is 0 Å². The molecule has 2 unspecified atom stereocenters. The summed E-state index contributed by atoms with van der Waals surface area (Å²) in [4.78, 5) is 25.2. The Hall–Kier alpha value is -2.39. The fourth-order valence-corrected chi connectivity index (χ4v) is 3.49. The second-order valence-corrected chi connectivity index (χ2v) is 6.44. The first kappa shape index (κ1) is 16.5. The number of amides is 2. The Balaban J connectivity index is 1.69. The molecule has 0 fully saturated rings. The van der Waals surface area contributed by atoms with Crippen molar-refractivity contribution < 1.29 is 20.0 Å². The summed E-state index contributed by atoms with van der Waals surface area (Å²) in [6.45, 7) is 0. The maximum Gasteiger partial charge on any atom is 0.238 e. The lowest BCUT2D eigenvalue weighted by molar-refractivity contribution is -0.990. The summed E-state index contributed by atoms with van der Waals surface area (Å²) in [5, 5.41) is 24.0. The molecule has 0 saturated heterocycles. The highest BCUT2D eigenvalue weighted by Crippen LogP contribution is 2.36. The summed E-state index contributed by atoms with van der Waals surface area (Å²) in [7, 11) is 0. The van der Waals surface area contributed by atoms with Crippen LogP contribution >= 0.6 is 11.8 Å². The van der Waals surface area contributed by atoms with Gasteiger partial charge in [0.05, 0.1) is 10.9 Å². The van der Waals surface area contributed by atoms with E-state index in [9.17, 15) is 14.8 Å². The van der Waals surface area contributed by atoms with Crippen LogP contribution in [0.2, 0.25) is 0 Å². The lowest BCUT2D eigenvalue weighted by Crippen LogP contribution is -2.99. The third kappa shape index (κ3) is 3.57. The molecule has 0 bridgehead atoms. The fraction of sp³-hybridized carbons (Fsp3) is 0.125. The van der Waals surface area contributed by atoms with Crippen LogP contribution in [0, 0.1) is 5.21 Å². The Labute approximate surface area is 142 Å². The highest BCUT2D eigenvalue weighted by Gasteiger charge is 2.29. The number of hydrogen-bond donors (Lipinski definition) is 4. The van der Waals surface area contributed by atoms with Gasteiger partial charge in [-0.05, 0) is 18.2 Å². The molecular weight excluding hydrogens is 330 g/mol. The normalized spacial score (nSPS) is 17.6. The molecule has 24 heavy (non-hydrogen) atoms. The third-order valence-corrected chi connectivity index (χ3v) is 4.78. The smallest absolute Gasteiger partial charge is 0.238 e. The maximum absolute atomic E-state index is 12.2. The van der Waals surface area contributed by atoms with Crippen molar-refractivity contribution in [2.24, 2.45) is 0 Å². The largest absolute Gasteiger partial charge is 0.595 e. The molecule has 7 nitrogen and oxygen atoms in total. The van der Waals surface area contributed by atoms with Crippen LogP contribution in [-0.2, 0) is 9.59 Å². The van der Waals surface area contributed by atoms with Gasteiger partial charge in [-0.25, -0.2) is 5.21 Å². The van der Waals surface area contributed by atoms with Crippen LogP contribution in [0.15, 0.2) is 53.4 Å².